The molecule has 0 heterocycles. The summed E-state index contributed by atoms with van der Waals surface area (Å²) in [6, 6.07) is 0. The van der Waals surface area contributed by atoms with Crippen molar-refractivity contribution in [2.24, 2.45) is 0 Å². The first kappa shape index (κ1) is 14.2. The van der Waals surface area contributed by atoms with E-state index >= 15 is 0 Å². The molecule has 0 aliphatic heterocycles. The summed E-state index contributed by atoms with van der Waals surface area (Å²) >= 11 is 0. The Morgan fingerprint density at radius 1 is 1.40 bits per heavy atom. The first-order valence-corrected chi connectivity index (χ1v) is 3.54. The summed E-state index contributed by atoms with van der Waals surface area (Å²) in [7, 11) is 5.96. The van der Waals surface area contributed by atoms with Crippen LogP contribution in [0.25, 0.3) is 0 Å². The van der Waals surface area contributed by atoms with E-state index in [1.165, 1.54) is 0 Å². The maximum absolute atomic E-state index is 9.76. The number of hydrogen-bond donors (Lipinski definition) is 0. The summed E-state index contributed by atoms with van der Waals surface area (Å²) < 4.78 is 15.2. The van der Waals surface area contributed by atoms with Crippen molar-refractivity contribution in [3.05, 3.63) is 0 Å². The second-order valence-electron chi connectivity index (χ2n) is 2.92. The van der Waals surface area contributed by atoms with E-state index < -0.39 is 0 Å². The monoisotopic (exact) mass is 190 g/mol. The molecule has 10 heavy (non-hydrogen) atoms. The van der Waals surface area contributed by atoms with Gasteiger partial charge in [0.05, 0.1) is 21.1 Å². The Hall–Kier alpha value is 1.66. The first-order valence-electron chi connectivity index (χ1n) is 2.81. The van der Waals surface area contributed by atoms with Crippen molar-refractivity contribution in [1.82, 2.24) is 0 Å². The molecule has 3 nitrogen and oxygen atoms in total. The van der Waals surface area contributed by atoms with Gasteiger partial charge < -0.3 is 4.48 Å². The molecule has 0 unspecified atom stereocenters. The van der Waals surface area contributed by atoms with Crippen LogP contribution in [0.4, 0.5) is 0 Å². The standard InChI is InChI=1S/C5H13NO2P.K.H/c1-6(2,3)4-5-8-9-7;;/h4-5H2,1-3H3;;/q+1;;. The molecule has 0 radical (unpaired) electrons. The van der Waals surface area contributed by atoms with E-state index in [9.17, 15) is 4.57 Å². The number of nitrogens with zero attached hydrogens (tertiary/aromatic N) is 1. The molecule has 0 spiro atoms. The van der Waals surface area contributed by atoms with Crippen LogP contribution < -0.4 is 0 Å². The van der Waals surface area contributed by atoms with Gasteiger partial charge in [-0.15, -0.1) is 0 Å². The third-order valence-corrected chi connectivity index (χ3v) is 1.19. The van der Waals surface area contributed by atoms with Crippen molar-refractivity contribution in [2.45, 2.75) is 0 Å². The van der Waals surface area contributed by atoms with Crippen LogP contribution in [-0.4, -0.2) is 90.2 Å². The Bertz CT molecular complexity index is 94.1. The van der Waals surface area contributed by atoms with Gasteiger partial charge in [-0.25, -0.2) is 4.57 Å². The van der Waals surface area contributed by atoms with Crippen LogP contribution in [0.1, 0.15) is 0 Å². The van der Waals surface area contributed by atoms with Crippen LogP contribution in [0.15, 0.2) is 0 Å². The van der Waals surface area contributed by atoms with Gasteiger partial charge in [-0.2, -0.15) is 0 Å². The molecule has 0 bridgehead atoms. The first-order chi connectivity index (χ1) is 4.06. The number of quaternary nitrogens is 1. The van der Waals surface area contributed by atoms with Crippen molar-refractivity contribution in [3.8, 4) is 0 Å². The number of likely N-dealkylation sites (N-methyl/N-ethyl adjacent to an activating group) is 1. The molecule has 0 saturated carbocycles. The van der Waals surface area contributed by atoms with Crippen molar-refractivity contribution in [2.75, 3.05) is 34.3 Å². The van der Waals surface area contributed by atoms with Crippen LogP contribution >= 0.6 is 8.69 Å². The molecular weight excluding hydrogens is 176 g/mol. The van der Waals surface area contributed by atoms with E-state index in [1.54, 1.807) is 0 Å². The number of rotatable bonds is 4. The summed E-state index contributed by atoms with van der Waals surface area (Å²) in [4.78, 5) is 0. The molecule has 0 aliphatic carbocycles. The molecule has 0 fully saturated rings. The van der Waals surface area contributed by atoms with Gasteiger partial charge in [0.25, 0.3) is 0 Å². The van der Waals surface area contributed by atoms with Gasteiger partial charge in [0.15, 0.2) is 0 Å². The Morgan fingerprint density at radius 2 is 1.90 bits per heavy atom. The van der Waals surface area contributed by atoms with E-state index in [0.717, 1.165) is 11.0 Å². The second-order valence-corrected chi connectivity index (χ2v) is 3.33. The SMILES string of the molecule is C[N+](C)(C)CCOP=O.[KH]. The topological polar surface area (TPSA) is 26.3 Å². The zero-order valence-corrected chi connectivity index (χ0v) is 7.02. The van der Waals surface area contributed by atoms with Crippen molar-refractivity contribution in [3.63, 3.8) is 0 Å². The molecular formula is C5H14KNO2P+. The van der Waals surface area contributed by atoms with Crippen molar-refractivity contribution >= 4 is 60.1 Å². The number of hydrogen-bond acceptors (Lipinski definition) is 2. The van der Waals surface area contributed by atoms with Crippen LogP contribution in [0.2, 0.25) is 0 Å². The average molecular weight is 190 g/mol. The van der Waals surface area contributed by atoms with Gasteiger partial charge in [0.1, 0.15) is 13.2 Å². The predicted molar refractivity (Wildman–Crippen MR) is 43.6 cm³/mol. The Kier molecular flexibility index (Phi) is 10.4. The molecule has 0 aliphatic rings. The molecule has 0 saturated heterocycles. The van der Waals surface area contributed by atoms with Gasteiger partial charge in [0, 0.05) is 0 Å². The van der Waals surface area contributed by atoms with Crippen LogP contribution in [-0.2, 0) is 9.09 Å². The molecule has 0 amide bonds. The van der Waals surface area contributed by atoms with E-state index in [2.05, 4.69) is 25.7 Å². The minimum absolute atomic E-state index is 0. The Morgan fingerprint density at radius 3 is 2.20 bits per heavy atom. The molecule has 0 atom stereocenters. The van der Waals surface area contributed by atoms with Crippen molar-refractivity contribution in [1.29, 1.82) is 0 Å². The molecule has 0 aromatic heterocycles. The van der Waals surface area contributed by atoms with E-state index in [1.807, 2.05) is 0 Å². The predicted octanol–water partition coefficient (Wildman–Crippen LogP) is 0.267. The molecule has 0 rings (SSSR count). The van der Waals surface area contributed by atoms with Crippen LogP contribution in [0.5, 0.6) is 0 Å². The Balaban J connectivity index is 0. The zero-order valence-electron chi connectivity index (χ0n) is 6.13. The van der Waals surface area contributed by atoms with E-state index in [-0.39, 0.29) is 60.1 Å². The third-order valence-electron chi connectivity index (χ3n) is 0.906. The normalized spacial score (nSPS) is 11.1. The average Bonchev–Trinajstić information content (AvgIpc) is 1.63. The van der Waals surface area contributed by atoms with Crippen molar-refractivity contribution < 1.29 is 13.6 Å². The summed E-state index contributed by atoms with van der Waals surface area (Å²) in [6.07, 6.45) is 0. The summed E-state index contributed by atoms with van der Waals surface area (Å²) in [6.45, 7) is 1.43. The maximum atomic E-state index is 9.76. The van der Waals surface area contributed by atoms with Crippen LogP contribution in [0.3, 0.4) is 0 Å². The second kappa shape index (κ2) is 7.31. The summed E-state index contributed by atoms with van der Waals surface area (Å²) in [5, 5.41) is 0. The molecule has 0 N–H and O–H groups in total. The fourth-order valence-electron chi connectivity index (χ4n) is 0.352. The fraction of sp³-hybridized carbons (Fsp3) is 1.00. The molecule has 0 aromatic carbocycles. The van der Waals surface area contributed by atoms with Gasteiger partial charge >= 0.3 is 60.1 Å². The minimum atomic E-state index is -0.217. The summed E-state index contributed by atoms with van der Waals surface area (Å²) in [5.74, 6) is 0. The Labute approximate surface area is 106 Å². The van der Waals surface area contributed by atoms with Gasteiger partial charge in [-0.05, 0) is 0 Å². The quantitative estimate of drug-likeness (QED) is 0.275. The van der Waals surface area contributed by atoms with Gasteiger partial charge in [-0.1, -0.05) is 0 Å². The van der Waals surface area contributed by atoms with Crippen LogP contribution in [0, 0.1) is 0 Å². The summed E-state index contributed by atoms with van der Waals surface area (Å²) in [5.41, 5.74) is 0. The van der Waals surface area contributed by atoms with Gasteiger partial charge in [0.2, 0.25) is 0 Å². The third kappa shape index (κ3) is 12.3. The molecule has 0 aromatic rings. The van der Waals surface area contributed by atoms with E-state index in [0.29, 0.717) is 6.61 Å². The fourth-order valence-corrected chi connectivity index (χ4v) is 0.508. The van der Waals surface area contributed by atoms with E-state index in [4.69, 9.17) is 0 Å². The molecule has 56 valence electrons. The zero-order chi connectivity index (χ0) is 7.33. The molecule has 5 heteroatoms. The van der Waals surface area contributed by atoms with Gasteiger partial charge in [-0.3, -0.25) is 4.52 Å².